The van der Waals surface area contributed by atoms with Crippen LogP contribution in [0.2, 0.25) is 0 Å². The highest BCUT2D eigenvalue weighted by Crippen LogP contribution is 2.64. The Bertz CT molecular complexity index is 2650. The van der Waals surface area contributed by atoms with Crippen LogP contribution in [0.4, 0.5) is 4.79 Å². The molecule has 456 valence electrons. The Balaban J connectivity index is 1.50. The number of esters is 5. The van der Waals surface area contributed by atoms with Crippen LogP contribution in [-0.2, 0) is 57.1 Å². The summed E-state index contributed by atoms with van der Waals surface area (Å²) in [6.45, 7) is 19.3. The number of nitrogens with one attached hydrogen (secondary N) is 1. The third-order valence-corrected chi connectivity index (χ3v) is 16.1. The van der Waals surface area contributed by atoms with Crippen LogP contribution in [-0.4, -0.2) is 118 Å². The molecule has 0 radical (unpaired) electrons. The van der Waals surface area contributed by atoms with Gasteiger partial charge < -0.3 is 48.7 Å². The van der Waals surface area contributed by atoms with E-state index in [1.807, 2.05) is 32.1 Å². The minimum absolute atomic E-state index is 0.00692. The number of aliphatic hydroxyl groups excluding tert-OH is 1. The average molecular weight is 1150 g/mol. The van der Waals surface area contributed by atoms with Gasteiger partial charge in [0.25, 0.3) is 0 Å². The van der Waals surface area contributed by atoms with Crippen LogP contribution in [0.1, 0.15) is 170 Å². The van der Waals surface area contributed by atoms with Crippen molar-refractivity contribution in [1.29, 1.82) is 0 Å². The molecule has 3 fully saturated rings. The summed E-state index contributed by atoms with van der Waals surface area (Å²) in [5.74, 6) is -7.13. The van der Waals surface area contributed by atoms with Crippen molar-refractivity contribution in [3.8, 4) is 0 Å². The Morgan fingerprint density at radius 3 is 1.88 bits per heavy atom. The number of ketones is 1. The number of benzene rings is 1. The minimum Gasteiger partial charge on any atom is -0.455 e. The summed E-state index contributed by atoms with van der Waals surface area (Å²) in [5.41, 5.74) is -8.79. The van der Waals surface area contributed by atoms with E-state index in [0.717, 1.165) is 39.0 Å². The number of alkyl carbamates (subject to hydrolysis) is 1. The monoisotopic (exact) mass is 1150 g/mol. The summed E-state index contributed by atoms with van der Waals surface area (Å²) in [5, 5.41) is 29.1. The lowest BCUT2D eigenvalue weighted by Crippen LogP contribution is -2.82. The standard InChI is InChI=1S/C66H91NO16/c1-13-15-16-17-18-19-20-21-22-23-24-25-26-27-28-29-30-31-35-38-52(71)80-54(47(39-43(3)4)67-61(75)83-62(7,8)9)60(74)78-48-41-66(76)58(81-59(73)46-36-33-32-34-37-46)56-64(12,49(69)40-50-65(56,42-77-50)82-45(6)68)57(72)55(79-51(70)14-2)53(44(48)5)63(66,10)11/h15-16,18-19,21-22,24-25,27-28,30-34,36-37,43,47-50,54-56,58,69,76H,13-14,17,20,23,26,29,35,38-42H2,1-12H3,(H,67,75)/b16-15-,19-18-,22-21-,25-24-,28-27-,31-30-/t47-,48-,49-,50+,54+,55+,56?,58?,64+,65-,66+/m0/s1. The van der Waals surface area contributed by atoms with E-state index in [1.165, 1.54) is 26.0 Å². The van der Waals surface area contributed by atoms with Gasteiger partial charge in [0, 0.05) is 38.0 Å². The molecule has 1 amide bonds. The maximum atomic E-state index is 15.9. The maximum Gasteiger partial charge on any atom is 0.408 e. The molecule has 1 aromatic rings. The summed E-state index contributed by atoms with van der Waals surface area (Å²) in [6.07, 6.45) is 18.7. The molecule has 83 heavy (non-hydrogen) atoms. The molecule has 5 rings (SSSR count). The molecular weight excluding hydrogens is 1060 g/mol. The molecule has 3 N–H and O–H groups in total. The Morgan fingerprint density at radius 2 is 1.37 bits per heavy atom. The van der Waals surface area contributed by atoms with E-state index in [9.17, 15) is 34.2 Å². The highest BCUT2D eigenvalue weighted by molar-refractivity contribution is 5.96. The first-order valence-electron chi connectivity index (χ1n) is 29.4. The second kappa shape index (κ2) is 29.9. The molecule has 17 nitrogen and oxygen atoms in total. The van der Waals surface area contributed by atoms with Gasteiger partial charge in [0.1, 0.15) is 29.5 Å². The molecule has 2 saturated carbocycles. The van der Waals surface area contributed by atoms with Crippen molar-refractivity contribution in [2.75, 3.05) is 6.61 Å². The molecule has 1 heterocycles. The zero-order chi connectivity index (χ0) is 61.3. The minimum atomic E-state index is -2.44. The number of amides is 1. The summed E-state index contributed by atoms with van der Waals surface area (Å²) in [6, 6.07) is 6.65. The van der Waals surface area contributed by atoms with E-state index < -0.39 is 124 Å². The maximum absolute atomic E-state index is 15.9. The lowest BCUT2D eigenvalue weighted by atomic mass is 9.44. The van der Waals surface area contributed by atoms with Crippen molar-refractivity contribution >= 4 is 41.7 Å². The van der Waals surface area contributed by atoms with Crippen LogP contribution in [0, 0.1) is 22.7 Å². The number of Topliss-reactive ketones (excluding diaryl/α,β-unsaturated/α-hetero) is 1. The van der Waals surface area contributed by atoms with Crippen LogP contribution in [0.15, 0.2) is 114 Å². The molecule has 0 spiro atoms. The number of carbonyl (C=O) groups excluding carboxylic acids is 7. The van der Waals surface area contributed by atoms with Gasteiger partial charge in [-0.05, 0) is 115 Å². The van der Waals surface area contributed by atoms with Crippen molar-refractivity contribution < 1.29 is 76.9 Å². The number of rotatable bonds is 26. The quantitative estimate of drug-likeness (QED) is 0.0444. The van der Waals surface area contributed by atoms with Crippen LogP contribution in [0.3, 0.4) is 0 Å². The van der Waals surface area contributed by atoms with Gasteiger partial charge in [0.05, 0.1) is 35.6 Å². The number of hydrogen-bond donors (Lipinski definition) is 3. The van der Waals surface area contributed by atoms with Gasteiger partial charge in [0.15, 0.2) is 17.5 Å². The Morgan fingerprint density at radius 1 is 0.807 bits per heavy atom. The second-order valence-corrected chi connectivity index (χ2v) is 24.2. The SMILES string of the molecule is CC/C=C\C/C=C\C/C=C\C/C=C\C/C=C\C/C=C\CCC(=O)O[C@@H](C(=O)O[C@H]1C[C@@]2(O)C(OC(=O)c3ccccc3)C3[C@](C)(C(=O)[C@H](OC(=O)CC)C(=C1C)C2(C)C)[C@@H](O)C[C@H]1OC[C@@]31OC(C)=O)[C@H](CC(C)C)NC(=O)OC(C)(C)C. The lowest BCUT2D eigenvalue weighted by molar-refractivity contribution is -0.346. The number of aliphatic hydroxyl groups is 2. The summed E-state index contributed by atoms with van der Waals surface area (Å²) in [7, 11) is 0. The van der Waals surface area contributed by atoms with E-state index >= 15 is 9.59 Å². The topological polar surface area (TPSA) is 237 Å². The molecule has 2 bridgehead atoms. The fourth-order valence-corrected chi connectivity index (χ4v) is 11.8. The first-order chi connectivity index (χ1) is 39.2. The van der Waals surface area contributed by atoms with E-state index in [-0.39, 0.29) is 61.3 Å². The molecule has 4 aliphatic rings. The molecule has 17 heteroatoms. The van der Waals surface area contributed by atoms with E-state index in [2.05, 4.69) is 66.9 Å². The highest BCUT2D eigenvalue weighted by atomic mass is 16.6. The normalized spacial score (nSPS) is 27.7. The fraction of sp³-hybridized carbons (Fsp3) is 0.591. The predicted octanol–water partition coefficient (Wildman–Crippen LogP) is 10.9. The molecule has 3 aliphatic carbocycles. The Labute approximate surface area is 491 Å². The van der Waals surface area contributed by atoms with Crippen LogP contribution >= 0.6 is 0 Å². The predicted molar refractivity (Wildman–Crippen MR) is 313 cm³/mol. The van der Waals surface area contributed by atoms with Crippen molar-refractivity contribution in [1.82, 2.24) is 5.32 Å². The smallest absolute Gasteiger partial charge is 0.408 e. The van der Waals surface area contributed by atoms with Gasteiger partial charge in [-0.1, -0.05) is 133 Å². The molecule has 2 unspecified atom stereocenters. The molecular formula is C66H91NO16. The van der Waals surface area contributed by atoms with E-state index in [4.69, 9.17) is 33.2 Å². The number of ether oxygens (including phenoxy) is 7. The van der Waals surface area contributed by atoms with Crippen LogP contribution in [0.5, 0.6) is 0 Å². The van der Waals surface area contributed by atoms with E-state index in [0.29, 0.717) is 6.42 Å². The molecule has 11 atom stereocenters. The summed E-state index contributed by atoms with van der Waals surface area (Å²) in [4.78, 5) is 99.9. The van der Waals surface area contributed by atoms with Gasteiger partial charge in [-0.2, -0.15) is 0 Å². The van der Waals surface area contributed by atoms with Crippen molar-refractivity contribution in [3.63, 3.8) is 0 Å². The molecule has 1 aromatic carbocycles. The van der Waals surface area contributed by atoms with Crippen molar-refractivity contribution in [2.45, 2.75) is 220 Å². The zero-order valence-electron chi connectivity index (χ0n) is 50.8. The van der Waals surface area contributed by atoms with Crippen LogP contribution in [0.25, 0.3) is 0 Å². The van der Waals surface area contributed by atoms with Gasteiger partial charge >= 0.3 is 35.9 Å². The third-order valence-electron chi connectivity index (χ3n) is 16.1. The first-order valence-corrected chi connectivity index (χ1v) is 29.4. The summed E-state index contributed by atoms with van der Waals surface area (Å²) < 4.78 is 42.8. The van der Waals surface area contributed by atoms with Crippen molar-refractivity contribution in [2.24, 2.45) is 22.7 Å². The zero-order valence-corrected chi connectivity index (χ0v) is 50.8. The first kappa shape index (κ1) is 67.4. The largest absolute Gasteiger partial charge is 0.455 e. The fourth-order valence-electron chi connectivity index (χ4n) is 11.8. The third kappa shape index (κ3) is 16.7. The van der Waals surface area contributed by atoms with Gasteiger partial charge in [-0.3, -0.25) is 19.2 Å². The molecule has 1 aliphatic heterocycles. The Kier molecular flexibility index (Phi) is 24.3. The number of allylic oxidation sites excluding steroid dienone is 12. The average Bonchev–Trinajstić information content (AvgIpc) is 0.708. The Hall–Kier alpha value is -6.43. The number of fused-ring (bicyclic) bond motifs is 5. The number of hydrogen-bond acceptors (Lipinski definition) is 16. The van der Waals surface area contributed by atoms with Crippen LogP contribution < -0.4 is 5.32 Å². The van der Waals surface area contributed by atoms with Gasteiger partial charge in [-0.25, -0.2) is 14.4 Å². The van der Waals surface area contributed by atoms with Crippen molar-refractivity contribution in [3.05, 3.63) is 120 Å². The van der Waals surface area contributed by atoms with Gasteiger partial charge in [-0.15, -0.1) is 0 Å². The van der Waals surface area contributed by atoms with Gasteiger partial charge in [0.2, 0.25) is 6.10 Å². The summed E-state index contributed by atoms with van der Waals surface area (Å²) >= 11 is 0. The lowest BCUT2D eigenvalue weighted by Gasteiger charge is -2.67. The molecule has 0 aromatic heterocycles. The molecule has 1 saturated heterocycles. The highest BCUT2D eigenvalue weighted by Gasteiger charge is 2.78. The number of carbonyl (C=O) groups is 7. The van der Waals surface area contributed by atoms with E-state index in [1.54, 1.807) is 59.7 Å². The second-order valence-electron chi connectivity index (χ2n) is 24.2.